The van der Waals surface area contributed by atoms with Crippen LogP contribution in [0.1, 0.15) is 10.4 Å². The highest BCUT2D eigenvalue weighted by Gasteiger charge is 2.10. The summed E-state index contributed by atoms with van der Waals surface area (Å²) in [5.41, 5.74) is -0.0143. The van der Waals surface area contributed by atoms with Crippen LogP contribution in [0.3, 0.4) is 0 Å². The zero-order chi connectivity index (χ0) is 12.7. The van der Waals surface area contributed by atoms with E-state index in [1.54, 1.807) is 0 Å². The first-order valence-corrected chi connectivity index (χ1v) is 4.78. The van der Waals surface area contributed by atoms with Gasteiger partial charge in [-0.2, -0.15) is 0 Å². The van der Waals surface area contributed by atoms with Gasteiger partial charge in [-0.1, -0.05) is 6.58 Å². The molecule has 1 rings (SSSR count). The van der Waals surface area contributed by atoms with Crippen LogP contribution in [0.4, 0.5) is 5.69 Å². The average Bonchev–Trinajstić information content (AvgIpc) is 2.34. The Morgan fingerprint density at radius 2 is 2.18 bits per heavy atom. The molecule has 0 atom stereocenters. The minimum atomic E-state index is -0.572. The Kier molecular flexibility index (Phi) is 4.68. The molecule has 1 aromatic rings. The van der Waals surface area contributed by atoms with Gasteiger partial charge in [0.25, 0.3) is 5.69 Å². The third-order valence-electron chi connectivity index (χ3n) is 1.91. The van der Waals surface area contributed by atoms with E-state index in [0.717, 1.165) is 6.07 Å². The van der Waals surface area contributed by atoms with Gasteiger partial charge in [0.15, 0.2) is 6.29 Å². The number of rotatable bonds is 7. The van der Waals surface area contributed by atoms with E-state index >= 15 is 0 Å². The summed E-state index contributed by atoms with van der Waals surface area (Å²) in [7, 11) is 0. The number of aldehydes is 1. The lowest BCUT2D eigenvalue weighted by molar-refractivity contribution is -0.384. The smallest absolute Gasteiger partial charge is 0.270 e. The van der Waals surface area contributed by atoms with E-state index in [1.807, 2.05) is 0 Å². The van der Waals surface area contributed by atoms with Gasteiger partial charge in [0.1, 0.15) is 19.0 Å². The SMILES string of the molecule is C=COCCOc1ccc([N+](=O)[O-])cc1C=O. The lowest BCUT2D eigenvalue weighted by Crippen LogP contribution is -2.05. The molecule has 0 saturated carbocycles. The fraction of sp³-hybridized carbons (Fsp3) is 0.182. The molecular formula is C11H11NO5. The van der Waals surface area contributed by atoms with E-state index in [-0.39, 0.29) is 17.9 Å². The number of nitro groups is 1. The minimum absolute atomic E-state index is 0.137. The summed E-state index contributed by atoms with van der Waals surface area (Å²) in [6, 6.07) is 3.82. The van der Waals surface area contributed by atoms with E-state index in [4.69, 9.17) is 9.47 Å². The molecule has 17 heavy (non-hydrogen) atoms. The molecule has 0 aromatic heterocycles. The molecule has 0 aliphatic rings. The van der Waals surface area contributed by atoms with Crippen LogP contribution in [0.5, 0.6) is 5.75 Å². The maximum absolute atomic E-state index is 10.7. The van der Waals surface area contributed by atoms with Gasteiger partial charge in [0.2, 0.25) is 0 Å². The monoisotopic (exact) mass is 237 g/mol. The molecule has 0 amide bonds. The molecule has 90 valence electrons. The Bertz CT molecular complexity index is 430. The van der Waals surface area contributed by atoms with Gasteiger partial charge in [0.05, 0.1) is 16.7 Å². The molecule has 0 spiro atoms. The Morgan fingerprint density at radius 3 is 2.76 bits per heavy atom. The van der Waals surface area contributed by atoms with Gasteiger partial charge in [-0.05, 0) is 6.07 Å². The van der Waals surface area contributed by atoms with Crippen molar-refractivity contribution in [3.05, 3.63) is 46.7 Å². The van der Waals surface area contributed by atoms with Crippen molar-refractivity contribution < 1.29 is 19.2 Å². The molecular weight excluding hydrogens is 226 g/mol. The van der Waals surface area contributed by atoms with Crippen LogP contribution in [-0.2, 0) is 4.74 Å². The maximum atomic E-state index is 10.7. The molecule has 6 nitrogen and oxygen atoms in total. The lowest BCUT2D eigenvalue weighted by atomic mass is 10.2. The van der Waals surface area contributed by atoms with E-state index < -0.39 is 4.92 Å². The fourth-order valence-corrected chi connectivity index (χ4v) is 1.16. The number of benzene rings is 1. The molecule has 6 heteroatoms. The Hall–Kier alpha value is -2.37. The zero-order valence-corrected chi connectivity index (χ0v) is 9.00. The van der Waals surface area contributed by atoms with Crippen LogP contribution in [-0.4, -0.2) is 24.4 Å². The zero-order valence-electron chi connectivity index (χ0n) is 9.00. The first kappa shape index (κ1) is 12.7. The summed E-state index contributed by atoms with van der Waals surface area (Å²) in [6.45, 7) is 3.88. The van der Waals surface area contributed by atoms with Crippen LogP contribution in [0.15, 0.2) is 31.0 Å². The molecule has 0 radical (unpaired) electrons. The fourth-order valence-electron chi connectivity index (χ4n) is 1.16. The van der Waals surface area contributed by atoms with Crippen molar-refractivity contribution in [2.24, 2.45) is 0 Å². The second-order valence-electron chi connectivity index (χ2n) is 2.98. The number of nitrogens with zero attached hydrogens (tertiary/aromatic N) is 1. The van der Waals surface area contributed by atoms with Gasteiger partial charge < -0.3 is 9.47 Å². The van der Waals surface area contributed by atoms with Crippen molar-refractivity contribution in [2.75, 3.05) is 13.2 Å². The third kappa shape index (κ3) is 3.60. The quantitative estimate of drug-likeness (QED) is 0.238. The van der Waals surface area contributed by atoms with Crippen LogP contribution < -0.4 is 4.74 Å². The van der Waals surface area contributed by atoms with Crippen molar-refractivity contribution in [1.29, 1.82) is 0 Å². The number of hydrogen-bond acceptors (Lipinski definition) is 5. The molecule has 0 aliphatic heterocycles. The molecule has 0 aliphatic carbocycles. The van der Waals surface area contributed by atoms with Crippen molar-refractivity contribution in [3.63, 3.8) is 0 Å². The van der Waals surface area contributed by atoms with Crippen LogP contribution in [0.2, 0.25) is 0 Å². The molecule has 0 fully saturated rings. The molecule has 0 bridgehead atoms. The highest BCUT2D eigenvalue weighted by atomic mass is 16.6. The Labute approximate surface area is 97.6 Å². The summed E-state index contributed by atoms with van der Waals surface area (Å²) < 4.78 is 10.1. The average molecular weight is 237 g/mol. The third-order valence-corrected chi connectivity index (χ3v) is 1.91. The Morgan fingerprint density at radius 1 is 1.41 bits per heavy atom. The molecule has 0 unspecified atom stereocenters. The topological polar surface area (TPSA) is 78.7 Å². The molecule has 0 N–H and O–H groups in total. The highest BCUT2D eigenvalue weighted by Crippen LogP contribution is 2.22. The van der Waals surface area contributed by atoms with E-state index in [0.29, 0.717) is 18.6 Å². The summed E-state index contributed by atoms with van der Waals surface area (Å²) in [4.78, 5) is 20.7. The second kappa shape index (κ2) is 6.26. The molecule has 0 saturated heterocycles. The maximum Gasteiger partial charge on any atom is 0.270 e. The number of hydrogen-bond donors (Lipinski definition) is 0. The predicted octanol–water partition coefficient (Wildman–Crippen LogP) is 1.95. The number of nitro benzene ring substituents is 1. The van der Waals surface area contributed by atoms with Crippen molar-refractivity contribution in [2.45, 2.75) is 0 Å². The van der Waals surface area contributed by atoms with Gasteiger partial charge in [0, 0.05) is 12.1 Å². The van der Waals surface area contributed by atoms with Crippen LogP contribution in [0, 0.1) is 10.1 Å². The number of ether oxygens (including phenoxy) is 2. The van der Waals surface area contributed by atoms with Gasteiger partial charge >= 0.3 is 0 Å². The minimum Gasteiger partial charge on any atom is -0.498 e. The summed E-state index contributed by atoms with van der Waals surface area (Å²) in [6.07, 6.45) is 1.79. The van der Waals surface area contributed by atoms with E-state index in [9.17, 15) is 14.9 Å². The molecule has 1 aromatic carbocycles. The first-order chi connectivity index (χ1) is 8.19. The summed E-state index contributed by atoms with van der Waals surface area (Å²) in [5.74, 6) is 0.290. The summed E-state index contributed by atoms with van der Waals surface area (Å²) in [5, 5.41) is 10.5. The first-order valence-electron chi connectivity index (χ1n) is 4.78. The molecule has 0 heterocycles. The standard InChI is InChI=1S/C11H11NO5/c1-2-16-5-6-17-11-4-3-10(12(14)15)7-9(11)8-13/h2-4,7-8H,1,5-6H2. The van der Waals surface area contributed by atoms with Crippen molar-refractivity contribution in [1.82, 2.24) is 0 Å². The highest BCUT2D eigenvalue weighted by molar-refractivity contribution is 5.80. The number of non-ortho nitro benzene ring substituents is 1. The van der Waals surface area contributed by atoms with Crippen LogP contribution >= 0.6 is 0 Å². The number of carbonyl (C=O) groups is 1. The van der Waals surface area contributed by atoms with Crippen LogP contribution in [0.25, 0.3) is 0 Å². The van der Waals surface area contributed by atoms with Crippen molar-refractivity contribution >= 4 is 12.0 Å². The van der Waals surface area contributed by atoms with Gasteiger partial charge in [-0.25, -0.2) is 0 Å². The van der Waals surface area contributed by atoms with E-state index in [1.165, 1.54) is 18.4 Å². The van der Waals surface area contributed by atoms with Gasteiger partial charge in [-0.3, -0.25) is 14.9 Å². The predicted molar refractivity (Wildman–Crippen MR) is 60.1 cm³/mol. The normalized spacial score (nSPS) is 9.41. The van der Waals surface area contributed by atoms with E-state index in [2.05, 4.69) is 6.58 Å². The van der Waals surface area contributed by atoms with Crippen molar-refractivity contribution in [3.8, 4) is 5.75 Å². The lowest BCUT2D eigenvalue weighted by Gasteiger charge is -2.07. The largest absolute Gasteiger partial charge is 0.498 e. The van der Waals surface area contributed by atoms with Gasteiger partial charge in [-0.15, -0.1) is 0 Å². The number of carbonyl (C=O) groups excluding carboxylic acids is 1. The second-order valence-corrected chi connectivity index (χ2v) is 2.98. The summed E-state index contributed by atoms with van der Waals surface area (Å²) >= 11 is 0. The Balaban J connectivity index is 2.74.